The van der Waals surface area contributed by atoms with Gasteiger partial charge < -0.3 is 24.5 Å². The molecule has 1 aliphatic heterocycles. The van der Waals surface area contributed by atoms with Gasteiger partial charge in [-0.3, -0.25) is 0 Å². The van der Waals surface area contributed by atoms with Gasteiger partial charge >= 0.3 is 0 Å². The number of allylic oxidation sites excluding steroid dienone is 2. The fourth-order valence-electron chi connectivity index (χ4n) is 3.54. The van der Waals surface area contributed by atoms with Crippen LogP contribution >= 0.6 is 0 Å². The molecule has 0 unspecified atom stereocenters. The fourth-order valence-corrected chi connectivity index (χ4v) is 3.54. The van der Waals surface area contributed by atoms with E-state index in [-0.39, 0.29) is 17.2 Å². The van der Waals surface area contributed by atoms with Crippen LogP contribution in [0.2, 0.25) is 0 Å². The van der Waals surface area contributed by atoms with E-state index >= 15 is 0 Å². The second kappa shape index (κ2) is 6.62. The first-order chi connectivity index (χ1) is 13.6. The van der Waals surface area contributed by atoms with Crippen molar-refractivity contribution in [1.29, 1.82) is 0 Å². The zero-order valence-corrected chi connectivity index (χ0v) is 16.9. The lowest BCUT2D eigenvalue weighted by Crippen LogP contribution is -2.27. The lowest BCUT2D eigenvalue weighted by molar-refractivity contribution is 0.152. The topological polar surface area (TPSA) is 83.1 Å². The van der Waals surface area contributed by atoms with Crippen LogP contribution in [-0.4, -0.2) is 20.9 Å². The highest BCUT2D eigenvalue weighted by molar-refractivity contribution is 5.97. The van der Waals surface area contributed by atoms with E-state index in [9.17, 15) is 15.3 Å². The van der Waals surface area contributed by atoms with E-state index in [0.29, 0.717) is 40.2 Å². The molecule has 29 heavy (non-hydrogen) atoms. The molecule has 0 saturated carbocycles. The predicted molar refractivity (Wildman–Crippen MR) is 114 cm³/mol. The molecule has 0 atom stereocenters. The molecule has 150 valence electrons. The lowest BCUT2D eigenvalue weighted by Gasteiger charge is -2.29. The number of aromatic hydroxyl groups is 3. The molecule has 0 bridgehead atoms. The number of phenols is 3. The first-order valence-corrected chi connectivity index (χ1v) is 9.51. The highest BCUT2D eigenvalue weighted by Crippen LogP contribution is 2.48. The van der Waals surface area contributed by atoms with Crippen LogP contribution in [0.4, 0.5) is 0 Å². The predicted octanol–water partition coefficient (Wildman–Crippen LogP) is 5.91. The first-order valence-electron chi connectivity index (χ1n) is 9.51. The van der Waals surface area contributed by atoms with Gasteiger partial charge in [-0.1, -0.05) is 11.6 Å². The molecule has 1 aromatic heterocycles. The summed E-state index contributed by atoms with van der Waals surface area (Å²) in [7, 11) is 0. The van der Waals surface area contributed by atoms with Crippen molar-refractivity contribution in [3.63, 3.8) is 0 Å². The first kappa shape index (κ1) is 19.0. The van der Waals surface area contributed by atoms with E-state index in [1.165, 1.54) is 18.2 Å². The molecule has 1 aliphatic rings. The van der Waals surface area contributed by atoms with Crippen molar-refractivity contribution in [2.45, 2.75) is 39.7 Å². The van der Waals surface area contributed by atoms with Crippen LogP contribution < -0.4 is 4.74 Å². The van der Waals surface area contributed by atoms with E-state index in [2.05, 4.69) is 0 Å². The van der Waals surface area contributed by atoms with Crippen LogP contribution in [0.15, 0.2) is 46.4 Å². The van der Waals surface area contributed by atoms with Gasteiger partial charge in [-0.05, 0) is 64.5 Å². The fraction of sp³-hybridized carbons (Fsp3) is 0.250. The third-order valence-electron chi connectivity index (χ3n) is 4.97. The van der Waals surface area contributed by atoms with Crippen LogP contribution in [0.25, 0.3) is 28.4 Å². The number of ether oxygens (including phenoxy) is 1. The standard InChI is InChI=1S/C24H24O5/c1-13(2)5-6-17-19-12-20(14-9-15(25)11-16(26)10-14)28-22(19)18-7-8-24(3,4)29-23(18)21(17)27/h5,7-12,25-27H,6H2,1-4H3. The number of fused-ring (bicyclic) bond motifs is 3. The Labute approximate surface area is 169 Å². The van der Waals surface area contributed by atoms with Crippen molar-refractivity contribution >= 4 is 17.0 Å². The maximum atomic E-state index is 11.0. The molecule has 0 amide bonds. The quantitative estimate of drug-likeness (QED) is 0.483. The molecule has 0 fully saturated rings. The molecule has 4 rings (SSSR count). The molecule has 3 N–H and O–H groups in total. The van der Waals surface area contributed by atoms with Gasteiger partial charge in [0.05, 0.1) is 5.56 Å². The van der Waals surface area contributed by atoms with Gasteiger partial charge in [0, 0.05) is 22.6 Å². The second-order valence-corrected chi connectivity index (χ2v) is 8.19. The largest absolute Gasteiger partial charge is 0.508 e. The Bertz CT molecular complexity index is 1150. The van der Waals surface area contributed by atoms with Gasteiger partial charge in [0.15, 0.2) is 11.5 Å². The molecule has 5 heteroatoms. The van der Waals surface area contributed by atoms with E-state index in [0.717, 1.165) is 11.0 Å². The van der Waals surface area contributed by atoms with E-state index in [1.807, 2.05) is 52.0 Å². The minimum atomic E-state index is -0.543. The molecule has 0 radical (unpaired) electrons. The average Bonchev–Trinajstić information content (AvgIpc) is 3.05. The zero-order chi connectivity index (χ0) is 20.9. The molecular weight excluding hydrogens is 368 g/mol. The van der Waals surface area contributed by atoms with Crippen molar-refractivity contribution in [3.05, 3.63) is 53.1 Å². The van der Waals surface area contributed by atoms with Crippen LogP contribution in [0.3, 0.4) is 0 Å². The molecule has 3 aromatic rings. The summed E-state index contributed by atoms with van der Waals surface area (Å²) in [5.74, 6) is 0.881. The van der Waals surface area contributed by atoms with E-state index in [1.54, 1.807) is 0 Å². The summed E-state index contributed by atoms with van der Waals surface area (Å²) in [4.78, 5) is 0. The maximum Gasteiger partial charge on any atom is 0.173 e. The minimum absolute atomic E-state index is 0.0555. The average molecular weight is 392 g/mol. The Hall–Kier alpha value is -3.34. The van der Waals surface area contributed by atoms with Gasteiger partial charge in [-0.15, -0.1) is 0 Å². The maximum absolute atomic E-state index is 11.0. The zero-order valence-electron chi connectivity index (χ0n) is 16.9. The lowest BCUT2D eigenvalue weighted by atomic mass is 9.95. The second-order valence-electron chi connectivity index (χ2n) is 8.19. The van der Waals surface area contributed by atoms with Gasteiger partial charge in [-0.2, -0.15) is 0 Å². The number of furan rings is 1. The van der Waals surface area contributed by atoms with Crippen LogP contribution in [0.5, 0.6) is 23.0 Å². The Balaban J connectivity index is 2.00. The van der Waals surface area contributed by atoms with Crippen LogP contribution in [-0.2, 0) is 6.42 Å². The van der Waals surface area contributed by atoms with Crippen molar-refractivity contribution in [2.75, 3.05) is 0 Å². The number of benzene rings is 2. The summed E-state index contributed by atoms with van der Waals surface area (Å²) in [5, 5.41) is 31.5. The molecule has 2 aromatic carbocycles. The number of rotatable bonds is 3. The van der Waals surface area contributed by atoms with Crippen molar-refractivity contribution in [3.8, 4) is 34.3 Å². The van der Waals surface area contributed by atoms with Crippen LogP contribution in [0, 0.1) is 0 Å². The number of hydrogen-bond acceptors (Lipinski definition) is 5. The molecule has 0 spiro atoms. The third-order valence-corrected chi connectivity index (χ3v) is 4.97. The monoisotopic (exact) mass is 392 g/mol. The summed E-state index contributed by atoms with van der Waals surface area (Å²) >= 11 is 0. The smallest absolute Gasteiger partial charge is 0.173 e. The summed E-state index contributed by atoms with van der Waals surface area (Å²) in [6.45, 7) is 7.86. The van der Waals surface area contributed by atoms with Crippen molar-refractivity contribution in [1.82, 2.24) is 0 Å². The van der Waals surface area contributed by atoms with Crippen molar-refractivity contribution < 1.29 is 24.5 Å². The highest BCUT2D eigenvalue weighted by atomic mass is 16.5. The molecule has 0 saturated heterocycles. The Morgan fingerprint density at radius 1 is 1.03 bits per heavy atom. The van der Waals surface area contributed by atoms with Gasteiger partial charge in [0.1, 0.15) is 28.4 Å². The summed E-state index contributed by atoms with van der Waals surface area (Å²) in [5.41, 5.74) is 3.12. The highest BCUT2D eigenvalue weighted by Gasteiger charge is 2.30. The molecule has 0 aliphatic carbocycles. The van der Waals surface area contributed by atoms with Gasteiger partial charge in [-0.25, -0.2) is 0 Å². The van der Waals surface area contributed by atoms with E-state index in [4.69, 9.17) is 9.15 Å². The summed E-state index contributed by atoms with van der Waals surface area (Å²) in [6.07, 6.45) is 6.39. The van der Waals surface area contributed by atoms with Crippen LogP contribution in [0.1, 0.15) is 38.8 Å². The SMILES string of the molecule is CC(C)=CCc1c(O)c2c(c3oc(-c4cc(O)cc(O)c4)cc13)C=CC(C)(C)O2. The minimum Gasteiger partial charge on any atom is -0.508 e. The van der Waals surface area contributed by atoms with E-state index < -0.39 is 5.60 Å². The molecule has 2 heterocycles. The Kier molecular flexibility index (Phi) is 4.34. The normalized spacial score (nSPS) is 14.5. The number of hydrogen-bond donors (Lipinski definition) is 3. The molecular formula is C24H24O5. The molecule has 5 nitrogen and oxygen atoms in total. The van der Waals surface area contributed by atoms with Gasteiger partial charge in [0.2, 0.25) is 0 Å². The Morgan fingerprint density at radius 3 is 2.38 bits per heavy atom. The third kappa shape index (κ3) is 3.44. The number of phenolic OH excluding ortho intramolecular Hbond substituents is 3. The Morgan fingerprint density at radius 2 is 1.72 bits per heavy atom. The van der Waals surface area contributed by atoms with Crippen molar-refractivity contribution in [2.24, 2.45) is 0 Å². The van der Waals surface area contributed by atoms with Gasteiger partial charge in [0.25, 0.3) is 0 Å². The summed E-state index contributed by atoms with van der Waals surface area (Å²) in [6, 6.07) is 6.13. The summed E-state index contributed by atoms with van der Waals surface area (Å²) < 4.78 is 12.2.